The first-order valence-corrected chi connectivity index (χ1v) is 15.7. The minimum Gasteiger partial charge on any atom is -0.494 e. The van der Waals surface area contributed by atoms with Crippen molar-refractivity contribution in [2.75, 3.05) is 6.61 Å². The van der Waals surface area contributed by atoms with Gasteiger partial charge in [-0.25, -0.2) is 0 Å². The van der Waals surface area contributed by atoms with E-state index in [1.54, 1.807) is 0 Å². The summed E-state index contributed by atoms with van der Waals surface area (Å²) >= 11 is 1.94. The average molecular weight is 560 g/mol. The molecule has 0 N–H and O–H groups in total. The highest BCUT2D eigenvalue weighted by Gasteiger charge is 2.55. The minimum atomic E-state index is -0.383. The first-order chi connectivity index (χ1) is 20.8. The highest BCUT2D eigenvalue weighted by atomic mass is 32.1. The lowest BCUT2D eigenvalue weighted by Gasteiger charge is -2.30. The van der Waals surface area contributed by atoms with Gasteiger partial charge >= 0.3 is 0 Å². The fourth-order valence-corrected chi connectivity index (χ4v) is 8.91. The van der Waals surface area contributed by atoms with Crippen molar-refractivity contribution in [1.29, 1.82) is 0 Å². The molecule has 2 aliphatic rings. The predicted molar refractivity (Wildman–Crippen MR) is 175 cm³/mol. The van der Waals surface area contributed by atoms with Gasteiger partial charge in [0.1, 0.15) is 5.75 Å². The summed E-state index contributed by atoms with van der Waals surface area (Å²) < 4.78 is 9.87. The van der Waals surface area contributed by atoms with Crippen LogP contribution in [0.25, 0.3) is 48.4 Å². The maximum Gasteiger partial charge on any atom is 0.119 e. The third-order valence-corrected chi connectivity index (χ3v) is 10.4. The van der Waals surface area contributed by atoms with Gasteiger partial charge in [0.25, 0.3) is 0 Å². The zero-order chi connectivity index (χ0) is 27.8. The summed E-state index contributed by atoms with van der Waals surface area (Å²) in [6.07, 6.45) is 2.20. The van der Waals surface area contributed by atoms with E-state index in [2.05, 4.69) is 133 Å². The summed E-state index contributed by atoms with van der Waals surface area (Å²) in [6, 6.07) is 44.9. The van der Waals surface area contributed by atoms with Gasteiger partial charge in [-0.3, -0.25) is 0 Å². The molecule has 2 heterocycles. The van der Waals surface area contributed by atoms with E-state index in [9.17, 15) is 0 Å². The Bertz CT molecular complexity index is 2170. The third-order valence-electron chi connectivity index (χ3n) is 9.24. The van der Waals surface area contributed by atoms with Crippen molar-refractivity contribution in [3.63, 3.8) is 0 Å². The average Bonchev–Trinajstić information content (AvgIpc) is 3.75. The van der Waals surface area contributed by atoms with Crippen LogP contribution in [0.5, 0.6) is 5.75 Å². The monoisotopic (exact) mass is 559 g/mol. The summed E-state index contributed by atoms with van der Waals surface area (Å²) in [6.45, 7) is 2.95. The quantitative estimate of drug-likeness (QED) is 0.191. The number of para-hydroxylation sites is 1. The summed E-state index contributed by atoms with van der Waals surface area (Å²) in [4.78, 5) is 1.40. The molecule has 0 bridgehead atoms. The highest BCUT2D eigenvalue weighted by Crippen LogP contribution is 2.67. The summed E-state index contributed by atoms with van der Waals surface area (Å²) in [5, 5.41) is 2.67. The largest absolute Gasteiger partial charge is 0.494 e. The van der Waals surface area contributed by atoms with Crippen LogP contribution in [0.4, 0.5) is 0 Å². The van der Waals surface area contributed by atoms with Crippen molar-refractivity contribution in [2.24, 2.45) is 0 Å². The van der Waals surface area contributed by atoms with Crippen LogP contribution in [0.3, 0.4) is 0 Å². The molecule has 0 radical (unpaired) electrons. The topological polar surface area (TPSA) is 14.2 Å². The van der Waals surface area contributed by atoms with Crippen molar-refractivity contribution in [1.82, 2.24) is 4.57 Å². The van der Waals surface area contributed by atoms with Gasteiger partial charge in [0, 0.05) is 31.8 Å². The number of thiophene rings is 1. The smallest absolute Gasteiger partial charge is 0.119 e. The highest BCUT2D eigenvalue weighted by molar-refractivity contribution is 7.22. The second-order valence-electron chi connectivity index (χ2n) is 11.4. The summed E-state index contributed by atoms with van der Waals surface area (Å²) in [7, 11) is 0. The van der Waals surface area contributed by atoms with Crippen LogP contribution in [0, 0.1) is 0 Å². The lowest BCUT2D eigenvalue weighted by Crippen LogP contribution is -2.25. The van der Waals surface area contributed by atoms with E-state index in [1.165, 1.54) is 64.9 Å². The van der Waals surface area contributed by atoms with Gasteiger partial charge in [-0.1, -0.05) is 98.3 Å². The van der Waals surface area contributed by atoms with E-state index in [-0.39, 0.29) is 5.41 Å². The molecule has 5 aromatic carbocycles. The molecule has 7 aromatic rings. The normalized spacial score (nSPS) is 16.1. The van der Waals surface area contributed by atoms with E-state index in [0.717, 1.165) is 30.9 Å². The number of fused-ring (bicyclic) bond motifs is 14. The molecule has 0 aliphatic heterocycles. The van der Waals surface area contributed by atoms with Crippen molar-refractivity contribution in [2.45, 2.75) is 25.2 Å². The van der Waals surface area contributed by atoms with Crippen LogP contribution in [0.1, 0.15) is 42.0 Å². The number of ether oxygens (including phenoxy) is 1. The molecule has 9 rings (SSSR count). The second-order valence-corrected chi connectivity index (χ2v) is 12.5. The van der Waals surface area contributed by atoms with Gasteiger partial charge in [0.05, 0.1) is 23.2 Å². The molecule has 202 valence electrons. The molecule has 2 nitrogen and oxygen atoms in total. The zero-order valence-electron chi connectivity index (χ0n) is 23.4. The Morgan fingerprint density at radius 1 is 0.667 bits per heavy atom. The number of benzene rings is 5. The van der Waals surface area contributed by atoms with Crippen molar-refractivity contribution >= 4 is 32.3 Å². The summed E-state index contributed by atoms with van der Waals surface area (Å²) in [5.74, 6) is 0.927. The molecule has 0 fully saturated rings. The van der Waals surface area contributed by atoms with Gasteiger partial charge in [-0.05, 0) is 70.5 Å². The molecule has 1 spiro atoms. The van der Waals surface area contributed by atoms with Crippen LogP contribution in [-0.4, -0.2) is 11.2 Å². The Kier molecular flexibility index (Phi) is 5.12. The molecule has 0 saturated carbocycles. The van der Waals surface area contributed by atoms with Crippen molar-refractivity contribution < 1.29 is 4.74 Å². The first kappa shape index (κ1) is 24.0. The molecule has 2 aromatic heterocycles. The number of nitrogens with zero attached hydrogens (tertiary/aromatic N) is 1. The fraction of sp³-hybridized carbons (Fsp3) is 0.128. The van der Waals surface area contributed by atoms with E-state index in [4.69, 9.17) is 4.74 Å². The molecule has 2 aliphatic carbocycles. The third kappa shape index (κ3) is 2.99. The number of rotatable bonds is 5. The molecule has 3 heteroatoms. The van der Waals surface area contributed by atoms with Crippen LogP contribution in [0.15, 0.2) is 121 Å². The van der Waals surface area contributed by atoms with Gasteiger partial charge < -0.3 is 9.30 Å². The Hall–Kier alpha value is -4.60. The van der Waals surface area contributed by atoms with Crippen LogP contribution in [0.2, 0.25) is 0 Å². The molecule has 0 saturated heterocycles. The molecule has 1 atom stereocenters. The molecule has 42 heavy (non-hydrogen) atoms. The number of aromatic nitrogens is 1. The number of unbranched alkanes of at least 4 members (excludes halogenated alkanes) is 1. The summed E-state index contributed by atoms with van der Waals surface area (Å²) in [5.41, 5.74) is 11.6. The van der Waals surface area contributed by atoms with Gasteiger partial charge in [-0.15, -0.1) is 11.3 Å². The van der Waals surface area contributed by atoms with Crippen LogP contribution in [-0.2, 0) is 5.41 Å². The van der Waals surface area contributed by atoms with Crippen LogP contribution < -0.4 is 4.74 Å². The molecular formula is C39H29NOS. The first-order valence-electron chi connectivity index (χ1n) is 14.9. The Morgan fingerprint density at radius 3 is 2.14 bits per heavy atom. The lowest BCUT2D eigenvalue weighted by molar-refractivity contribution is 0.309. The standard InChI is InChI=1S/C39H29NOS/c1-2-3-24-41-26-22-20-25(21-23-26)40-33-18-10-6-14-29(33)35-37(40)27-12-4-8-16-31(27)39(35)32-17-9-5-13-28(32)38-36(39)30-15-7-11-19-34(30)42-38/h4-23H,2-3,24H2,1H3/t39-/m0/s1. The number of hydrogen-bond donors (Lipinski definition) is 0. The van der Waals surface area contributed by atoms with Gasteiger partial charge in [0.2, 0.25) is 0 Å². The minimum absolute atomic E-state index is 0.383. The molecule has 0 amide bonds. The van der Waals surface area contributed by atoms with Crippen molar-refractivity contribution in [3.05, 3.63) is 144 Å². The van der Waals surface area contributed by atoms with E-state index >= 15 is 0 Å². The molecular weight excluding hydrogens is 531 g/mol. The van der Waals surface area contributed by atoms with Crippen LogP contribution >= 0.6 is 11.3 Å². The fourth-order valence-electron chi connectivity index (χ4n) is 7.61. The number of hydrogen-bond acceptors (Lipinski definition) is 2. The molecule has 0 unspecified atom stereocenters. The zero-order valence-corrected chi connectivity index (χ0v) is 24.2. The van der Waals surface area contributed by atoms with E-state index in [1.807, 2.05) is 11.3 Å². The second kappa shape index (κ2) is 8.95. The van der Waals surface area contributed by atoms with Gasteiger partial charge in [-0.2, -0.15) is 0 Å². The Balaban J connectivity index is 1.41. The Morgan fingerprint density at radius 2 is 1.33 bits per heavy atom. The van der Waals surface area contributed by atoms with Crippen molar-refractivity contribution in [3.8, 4) is 33.1 Å². The lowest BCUT2D eigenvalue weighted by atomic mass is 9.69. The van der Waals surface area contributed by atoms with E-state index in [0.29, 0.717) is 0 Å². The maximum absolute atomic E-state index is 6.03. The SMILES string of the molecule is CCCCOc1ccc(-n2c3c(c4ccccc42)[C@@]2(c4ccccc4-c4sc5ccccc5c42)c2ccccc2-3)cc1. The Labute approximate surface area is 249 Å². The van der Waals surface area contributed by atoms with Gasteiger partial charge in [0.15, 0.2) is 0 Å². The maximum atomic E-state index is 6.03. The predicted octanol–water partition coefficient (Wildman–Crippen LogP) is 10.4. The van der Waals surface area contributed by atoms with E-state index < -0.39 is 0 Å².